The van der Waals surface area contributed by atoms with Crippen molar-refractivity contribution in [2.45, 2.75) is 12.0 Å². The van der Waals surface area contributed by atoms with Gasteiger partial charge in [-0.25, -0.2) is 4.39 Å². The van der Waals surface area contributed by atoms with Gasteiger partial charge >= 0.3 is 6.61 Å². The molecule has 0 N–H and O–H groups in total. The first-order valence-electron chi connectivity index (χ1n) is 5.61. The summed E-state index contributed by atoms with van der Waals surface area (Å²) in [6.07, 6.45) is 0. The van der Waals surface area contributed by atoms with Crippen LogP contribution in [0.5, 0.6) is 5.75 Å². The van der Waals surface area contributed by atoms with Crippen molar-refractivity contribution in [1.29, 1.82) is 0 Å². The van der Waals surface area contributed by atoms with Crippen LogP contribution in [0.25, 0.3) is 0 Å². The summed E-state index contributed by atoms with van der Waals surface area (Å²) in [4.78, 5) is 0. The summed E-state index contributed by atoms with van der Waals surface area (Å²) in [7, 11) is 0. The van der Waals surface area contributed by atoms with Crippen molar-refractivity contribution < 1.29 is 17.9 Å². The highest BCUT2D eigenvalue weighted by Gasteiger charge is 2.13. The molecule has 6 heteroatoms. The number of hydrogen-bond acceptors (Lipinski definition) is 1. The van der Waals surface area contributed by atoms with Crippen LogP contribution in [0.3, 0.4) is 0 Å². The first-order chi connectivity index (χ1) is 9.47. The van der Waals surface area contributed by atoms with Gasteiger partial charge < -0.3 is 4.74 Å². The molecule has 0 aromatic heterocycles. The van der Waals surface area contributed by atoms with E-state index in [0.717, 1.165) is 0 Å². The van der Waals surface area contributed by atoms with Crippen LogP contribution in [0.2, 0.25) is 0 Å². The summed E-state index contributed by atoms with van der Waals surface area (Å²) in [5.74, 6) is -0.314. The molecule has 0 amide bonds. The standard InChI is InChI=1S/C14H9BrClF3O/c15-11-7-9(3-6-12(11)17)13(16)8-1-4-10(5-2-8)20-14(18)19/h1-7,13-14H. The van der Waals surface area contributed by atoms with Gasteiger partial charge in [-0.2, -0.15) is 8.78 Å². The minimum Gasteiger partial charge on any atom is -0.435 e. The zero-order chi connectivity index (χ0) is 14.7. The second-order valence-corrected chi connectivity index (χ2v) is 5.27. The van der Waals surface area contributed by atoms with Gasteiger partial charge in [-0.1, -0.05) is 18.2 Å². The number of alkyl halides is 3. The van der Waals surface area contributed by atoms with Gasteiger partial charge in [0.15, 0.2) is 0 Å². The molecule has 0 aliphatic rings. The van der Waals surface area contributed by atoms with Crippen molar-refractivity contribution >= 4 is 27.5 Å². The highest BCUT2D eigenvalue weighted by Crippen LogP contribution is 2.32. The third-order valence-electron chi connectivity index (χ3n) is 2.63. The minimum atomic E-state index is -2.86. The maximum atomic E-state index is 13.2. The molecule has 1 atom stereocenters. The topological polar surface area (TPSA) is 9.23 Å². The average molecular weight is 366 g/mol. The molecule has 0 spiro atoms. The normalized spacial score (nSPS) is 12.5. The smallest absolute Gasteiger partial charge is 0.387 e. The Labute approximate surface area is 127 Å². The second kappa shape index (κ2) is 6.50. The molecule has 1 unspecified atom stereocenters. The molecule has 0 fully saturated rings. The van der Waals surface area contributed by atoms with E-state index in [4.69, 9.17) is 11.6 Å². The van der Waals surface area contributed by atoms with Crippen LogP contribution < -0.4 is 4.74 Å². The van der Waals surface area contributed by atoms with Gasteiger partial charge in [0.1, 0.15) is 11.6 Å². The minimum absolute atomic E-state index is 0.0629. The monoisotopic (exact) mass is 364 g/mol. The maximum Gasteiger partial charge on any atom is 0.387 e. The quantitative estimate of drug-likeness (QED) is 0.648. The fraction of sp³-hybridized carbons (Fsp3) is 0.143. The summed E-state index contributed by atoms with van der Waals surface area (Å²) in [6, 6.07) is 10.5. The molecule has 20 heavy (non-hydrogen) atoms. The fourth-order valence-electron chi connectivity index (χ4n) is 1.68. The van der Waals surface area contributed by atoms with Crippen LogP contribution in [0, 0.1) is 5.82 Å². The molecule has 106 valence electrons. The first kappa shape index (κ1) is 15.2. The van der Waals surface area contributed by atoms with Crippen molar-refractivity contribution in [2.75, 3.05) is 0 Å². The summed E-state index contributed by atoms with van der Waals surface area (Å²) in [6.45, 7) is -2.86. The molecule has 0 bridgehead atoms. The van der Waals surface area contributed by atoms with Crippen molar-refractivity contribution in [3.63, 3.8) is 0 Å². The largest absolute Gasteiger partial charge is 0.435 e. The third kappa shape index (κ3) is 3.67. The number of hydrogen-bond donors (Lipinski definition) is 0. The van der Waals surface area contributed by atoms with E-state index in [2.05, 4.69) is 20.7 Å². The summed E-state index contributed by atoms with van der Waals surface area (Å²) in [5.41, 5.74) is 1.40. The van der Waals surface area contributed by atoms with Gasteiger partial charge in [-0.3, -0.25) is 0 Å². The van der Waals surface area contributed by atoms with Crippen molar-refractivity contribution in [3.05, 3.63) is 63.9 Å². The van der Waals surface area contributed by atoms with Gasteiger partial charge in [0, 0.05) is 0 Å². The van der Waals surface area contributed by atoms with E-state index in [9.17, 15) is 13.2 Å². The van der Waals surface area contributed by atoms with E-state index in [1.165, 1.54) is 18.2 Å². The molecular formula is C14H9BrClF3O. The maximum absolute atomic E-state index is 13.2. The molecule has 2 aromatic carbocycles. The summed E-state index contributed by atoms with van der Waals surface area (Å²) in [5, 5.41) is -0.507. The predicted molar refractivity (Wildman–Crippen MR) is 74.9 cm³/mol. The van der Waals surface area contributed by atoms with E-state index in [-0.39, 0.29) is 11.6 Å². The van der Waals surface area contributed by atoms with Crippen molar-refractivity contribution in [1.82, 2.24) is 0 Å². The average Bonchev–Trinajstić information content (AvgIpc) is 2.41. The Morgan fingerprint density at radius 2 is 1.60 bits per heavy atom. The zero-order valence-electron chi connectivity index (χ0n) is 9.99. The summed E-state index contributed by atoms with van der Waals surface area (Å²) < 4.78 is 41.8. The Balaban J connectivity index is 2.20. The molecule has 0 aliphatic heterocycles. The van der Waals surface area contributed by atoms with E-state index in [0.29, 0.717) is 15.6 Å². The van der Waals surface area contributed by atoms with E-state index in [1.54, 1.807) is 24.3 Å². The van der Waals surface area contributed by atoms with E-state index >= 15 is 0 Å². The van der Waals surface area contributed by atoms with E-state index in [1.807, 2.05) is 0 Å². The molecule has 0 saturated heterocycles. The third-order valence-corrected chi connectivity index (χ3v) is 3.75. The van der Waals surface area contributed by atoms with Gasteiger partial charge in [-0.15, -0.1) is 11.6 Å². The highest BCUT2D eigenvalue weighted by molar-refractivity contribution is 9.10. The summed E-state index contributed by atoms with van der Waals surface area (Å²) >= 11 is 9.37. The number of halogens is 5. The molecular weight excluding hydrogens is 357 g/mol. The van der Waals surface area contributed by atoms with Gasteiger partial charge in [-0.05, 0) is 51.3 Å². The lowest BCUT2D eigenvalue weighted by molar-refractivity contribution is -0.0498. The molecule has 0 radical (unpaired) electrons. The predicted octanol–water partition coefficient (Wildman–Crippen LogP) is 5.52. The lowest BCUT2D eigenvalue weighted by Crippen LogP contribution is -2.02. The van der Waals surface area contributed by atoms with Crippen LogP contribution in [-0.4, -0.2) is 6.61 Å². The SMILES string of the molecule is Fc1ccc(C(Cl)c2ccc(OC(F)F)cc2)cc1Br. The number of ether oxygens (including phenoxy) is 1. The highest BCUT2D eigenvalue weighted by atomic mass is 79.9. The van der Waals surface area contributed by atoms with Gasteiger partial charge in [0.25, 0.3) is 0 Å². The van der Waals surface area contributed by atoms with Gasteiger partial charge in [0.2, 0.25) is 0 Å². The van der Waals surface area contributed by atoms with Crippen molar-refractivity contribution in [3.8, 4) is 5.75 Å². The lowest BCUT2D eigenvalue weighted by Gasteiger charge is -2.12. The second-order valence-electron chi connectivity index (χ2n) is 3.98. The van der Waals surface area contributed by atoms with Gasteiger partial charge in [0.05, 0.1) is 9.85 Å². The Morgan fingerprint density at radius 1 is 1.00 bits per heavy atom. The van der Waals surface area contributed by atoms with E-state index < -0.39 is 12.0 Å². The molecule has 1 nitrogen and oxygen atoms in total. The molecule has 0 heterocycles. The van der Waals surface area contributed by atoms with Crippen LogP contribution in [0.4, 0.5) is 13.2 Å². The number of benzene rings is 2. The number of rotatable bonds is 4. The lowest BCUT2D eigenvalue weighted by atomic mass is 10.0. The van der Waals surface area contributed by atoms with Crippen LogP contribution in [-0.2, 0) is 0 Å². The van der Waals surface area contributed by atoms with Crippen LogP contribution in [0.15, 0.2) is 46.9 Å². The van der Waals surface area contributed by atoms with Crippen molar-refractivity contribution in [2.24, 2.45) is 0 Å². The molecule has 0 aliphatic carbocycles. The van der Waals surface area contributed by atoms with Crippen LogP contribution >= 0.6 is 27.5 Å². The van der Waals surface area contributed by atoms with Crippen LogP contribution in [0.1, 0.15) is 16.5 Å². The Kier molecular flexibility index (Phi) is 4.94. The molecule has 2 aromatic rings. The molecule has 2 rings (SSSR count). The Morgan fingerprint density at radius 3 is 2.15 bits per heavy atom. The Hall–Kier alpha value is -1.20. The Bertz CT molecular complexity index is 589. The first-order valence-corrected chi connectivity index (χ1v) is 6.84. The molecule has 0 saturated carbocycles. The fourth-order valence-corrected chi connectivity index (χ4v) is 2.36. The zero-order valence-corrected chi connectivity index (χ0v) is 12.3.